The summed E-state index contributed by atoms with van der Waals surface area (Å²) in [6.45, 7) is 2.22. The Bertz CT molecular complexity index is 989. The molecule has 3 rings (SSSR count). The molecule has 2 aromatic carbocycles. The van der Waals surface area contributed by atoms with E-state index in [1.165, 1.54) is 22.6 Å². The van der Waals surface area contributed by atoms with E-state index in [2.05, 4.69) is 10.4 Å². The minimum Gasteiger partial charge on any atom is -0.319 e. The quantitative estimate of drug-likeness (QED) is 0.469. The van der Waals surface area contributed by atoms with Crippen molar-refractivity contribution in [2.45, 2.75) is 23.3 Å². The summed E-state index contributed by atoms with van der Waals surface area (Å²) in [5, 5.41) is 18.6. The summed E-state index contributed by atoms with van der Waals surface area (Å²) in [6.07, 6.45) is 1.25. The Hall–Kier alpha value is -2.84. The van der Waals surface area contributed by atoms with Gasteiger partial charge in [-0.3, -0.25) is 19.6 Å². The zero-order valence-corrected chi connectivity index (χ0v) is 15.8. The number of benzene rings is 2. The fourth-order valence-corrected chi connectivity index (χ4v) is 3.37. The van der Waals surface area contributed by atoms with Crippen LogP contribution >= 0.6 is 23.4 Å². The van der Waals surface area contributed by atoms with E-state index in [4.69, 9.17) is 11.6 Å². The minimum atomic E-state index is -0.627. The van der Waals surface area contributed by atoms with Gasteiger partial charge in [-0.05, 0) is 43.3 Å². The van der Waals surface area contributed by atoms with Gasteiger partial charge in [0.15, 0.2) is 0 Å². The van der Waals surface area contributed by atoms with Gasteiger partial charge in [0.1, 0.15) is 6.20 Å². The second kappa shape index (κ2) is 8.24. The fourth-order valence-electron chi connectivity index (χ4n) is 2.34. The molecule has 0 radical (unpaired) electrons. The first-order valence-corrected chi connectivity index (χ1v) is 9.23. The van der Waals surface area contributed by atoms with Crippen LogP contribution in [0.5, 0.6) is 0 Å². The first-order valence-electron chi connectivity index (χ1n) is 8.03. The molecule has 0 saturated carbocycles. The number of carbonyl (C=O) groups is 1. The molecule has 1 N–H and O–H groups in total. The van der Waals surface area contributed by atoms with E-state index in [0.717, 1.165) is 9.79 Å². The number of amides is 1. The van der Waals surface area contributed by atoms with Crippen LogP contribution in [-0.4, -0.2) is 20.6 Å². The number of nitro groups is 1. The van der Waals surface area contributed by atoms with E-state index >= 15 is 0 Å². The lowest BCUT2D eigenvalue weighted by molar-refractivity contribution is -0.385. The van der Waals surface area contributed by atoms with Gasteiger partial charge < -0.3 is 5.32 Å². The Morgan fingerprint density at radius 1 is 1.26 bits per heavy atom. The summed E-state index contributed by atoms with van der Waals surface area (Å²) < 4.78 is 1.36. The molecule has 3 aromatic rings. The molecule has 0 saturated heterocycles. The maximum atomic E-state index is 12.6. The molecule has 138 valence electrons. The summed E-state index contributed by atoms with van der Waals surface area (Å²) in [6, 6.07) is 14.5. The SMILES string of the molecule is CCn1cc([N+](=O)[O-])c(C(=O)Nc2ccccc2Sc2ccc(Cl)cc2)n1. The predicted molar refractivity (Wildman–Crippen MR) is 105 cm³/mol. The molecule has 0 atom stereocenters. The summed E-state index contributed by atoms with van der Waals surface area (Å²) in [4.78, 5) is 24.9. The molecule has 7 nitrogen and oxygen atoms in total. The molecule has 0 spiro atoms. The molecule has 1 heterocycles. The first-order chi connectivity index (χ1) is 13.0. The zero-order chi connectivity index (χ0) is 19.4. The molecule has 1 aromatic heterocycles. The topological polar surface area (TPSA) is 90.1 Å². The average molecular weight is 403 g/mol. The summed E-state index contributed by atoms with van der Waals surface area (Å²) in [5.41, 5.74) is 0.00753. The van der Waals surface area contributed by atoms with E-state index < -0.39 is 10.8 Å². The predicted octanol–water partition coefficient (Wildman–Crippen LogP) is 4.87. The highest BCUT2D eigenvalue weighted by Gasteiger charge is 2.26. The Morgan fingerprint density at radius 2 is 1.96 bits per heavy atom. The van der Waals surface area contributed by atoms with Gasteiger partial charge in [0.05, 0.1) is 10.6 Å². The van der Waals surface area contributed by atoms with Crippen molar-refractivity contribution in [1.82, 2.24) is 9.78 Å². The van der Waals surface area contributed by atoms with Crippen molar-refractivity contribution in [1.29, 1.82) is 0 Å². The highest BCUT2D eigenvalue weighted by Crippen LogP contribution is 2.34. The van der Waals surface area contributed by atoms with Gasteiger partial charge in [0, 0.05) is 21.4 Å². The lowest BCUT2D eigenvalue weighted by Crippen LogP contribution is -2.15. The number of carbonyl (C=O) groups excluding carboxylic acids is 1. The number of rotatable bonds is 6. The number of aryl methyl sites for hydroxylation is 1. The van der Waals surface area contributed by atoms with E-state index in [9.17, 15) is 14.9 Å². The number of anilines is 1. The number of hydrogen-bond donors (Lipinski definition) is 1. The van der Waals surface area contributed by atoms with Crippen molar-refractivity contribution < 1.29 is 9.72 Å². The number of para-hydroxylation sites is 1. The van der Waals surface area contributed by atoms with Crippen molar-refractivity contribution in [2.75, 3.05) is 5.32 Å². The second-order valence-electron chi connectivity index (χ2n) is 5.48. The van der Waals surface area contributed by atoms with Gasteiger partial charge in [-0.25, -0.2) is 0 Å². The van der Waals surface area contributed by atoms with Crippen LogP contribution < -0.4 is 5.32 Å². The lowest BCUT2D eigenvalue weighted by Gasteiger charge is -2.10. The maximum Gasteiger partial charge on any atom is 0.320 e. The summed E-state index contributed by atoms with van der Waals surface area (Å²) >= 11 is 7.35. The van der Waals surface area contributed by atoms with E-state index in [-0.39, 0.29) is 11.4 Å². The smallest absolute Gasteiger partial charge is 0.319 e. The standard InChI is InChI=1S/C18H15ClN4O3S/c1-2-22-11-15(23(25)26)17(21-22)18(24)20-14-5-3-4-6-16(14)27-13-9-7-12(19)8-10-13/h3-11H,2H2,1H3,(H,20,24). The minimum absolute atomic E-state index is 0.215. The van der Waals surface area contributed by atoms with Crippen LogP contribution in [0.4, 0.5) is 11.4 Å². The van der Waals surface area contributed by atoms with Crippen molar-refractivity contribution in [3.8, 4) is 0 Å². The van der Waals surface area contributed by atoms with E-state index in [0.29, 0.717) is 17.3 Å². The molecule has 27 heavy (non-hydrogen) atoms. The molecule has 9 heteroatoms. The Kier molecular flexibility index (Phi) is 5.78. The van der Waals surface area contributed by atoms with Crippen LogP contribution in [0, 0.1) is 10.1 Å². The Morgan fingerprint density at radius 3 is 2.63 bits per heavy atom. The van der Waals surface area contributed by atoms with Crippen molar-refractivity contribution in [3.63, 3.8) is 0 Å². The molecule has 0 aliphatic heterocycles. The van der Waals surface area contributed by atoms with Crippen molar-refractivity contribution >= 4 is 40.6 Å². The number of aromatic nitrogens is 2. The molecular weight excluding hydrogens is 388 g/mol. The van der Waals surface area contributed by atoms with Crippen LogP contribution in [0.15, 0.2) is 64.5 Å². The number of halogens is 1. The monoisotopic (exact) mass is 402 g/mol. The molecular formula is C18H15ClN4O3S. The Balaban J connectivity index is 1.86. The normalized spacial score (nSPS) is 10.6. The second-order valence-corrected chi connectivity index (χ2v) is 7.03. The van der Waals surface area contributed by atoms with Gasteiger partial charge in [-0.15, -0.1) is 0 Å². The molecule has 0 bridgehead atoms. The molecule has 0 aliphatic rings. The van der Waals surface area contributed by atoms with Gasteiger partial charge in [0.2, 0.25) is 5.69 Å². The third-order valence-electron chi connectivity index (χ3n) is 3.65. The first kappa shape index (κ1) is 18.9. The van der Waals surface area contributed by atoms with E-state index in [1.807, 2.05) is 24.3 Å². The van der Waals surface area contributed by atoms with Gasteiger partial charge in [-0.2, -0.15) is 5.10 Å². The fraction of sp³-hybridized carbons (Fsp3) is 0.111. The van der Waals surface area contributed by atoms with Crippen LogP contribution in [0.2, 0.25) is 5.02 Å². The molecule has 0 fully saturated rings. The van der Waals surface area contributed by atoms with Crippen LogP contribution in [0.25, 0.3) is 0 Å². The lowest BCUT2D eigenvalue weighted by atomic mass is 10.3. The number of hydrogen-bond acceptors (Lipinski definition) is 5. The van der Waals surface area contributed by atoms with Gasteiger partial charge in [0.25, 0.3) is 5.91 Å². The van der Waals surface area contributed by atoms with Crippen LogP contribution in [-0.2, 0) is 6.54 Å². The highest BCUT2D eigenvalue weighted by atomic mass is 35.5. The third-order valence-corrected chi connectivity index (χ3v) is 4.99. The van der Waals surface area contributed by atoms with Crippen LogP contribution in [0.3, 0.4) is 0 Å². The molecule has 1 amide bonds. The van der Waals surface area contributed by atoms with E-state index in [1.54, 1.807) is 31.2 Å². The van der Waals surface area contributed by atoms with Crippen molar-refractivity contribution in [2.24, 2.45) is 0 Å². The maximum absolute atomic E-state index is 12.6. The van der Waals surface area contributed by atoms with Crippen LogP contribution in [0.1, 0.15) is 17.4 Å². The Labute approximate surface area is 164 Å². The van der Waals surface area contributed by atoms with Gasteiger partial charge in [-0.1, -0.05) is 35.5 Å². The number of nitrogens with zero attached hydrogens (tertiary/aromatic N) is 3. The summed E-state index contributed by atoms with van der Waals surface area (Å²) in [7, 11) is 0. The zero-order valence-electron chi connectivity index (χ0n) is 14.3. The summed E-state index contributed by atoms with van der Waals surface area (Å²) in [5.74, 6) is -0.627. The highest BCUT2D eigenvalue weighted by molar-refractivity contribution is 7.99. The van der Waals surface area contributed by atoms with Gasteiger partial charge >= 0.3 is 5.69 Å². The average Bonchev–Trinajstić information content (AvgIpc) is 3.10. The number of nitrogens with one attached hydrogen (secondary N) is 1. The molecule has 0 unspecified atom stereocenters. The van der Waals surface area contributed by atoms with Crippen molar-refractivity contribution in [3.05, 3.63) is 75.6 Å². The molecule has 0 aliphatic carbocycles. The third kappa shape index (κ3) is 4.47. The largest absolute Gasteiger partial charge is 0.320 e.